The maximum Gasteiger partial charge on any atom is 0.336 e. The summed E-state index contributed by atoms with van der Waals surface area (Å²) in [5.74, 6) is -1.23. The summed E-state index contributed by atoms with van der Waals surface area (Å²) in [4.78, 5) is 10.3. The Hall–Kier alpha value is -0.650. The van der Waals surface area contributed by atoms with Crippen LogP contribution in [0, 0.1) is 0 Å². The first-order valence-corrected chi connectivity index (χ1v) is 3.23. The number of aliphatic carboxylic acids is 1. The number of nitrogens with zero attached hydrogens (tertiary/aromatic N) is 1. The van der Waals surface area contributed by atoms with Gasteiger partial charge in [0.25, 0.3) is 0 Å². The van der Waals surface area contributed by atoms with Crippen molar-refractivity contribution in [1.82, 2.24) is 10.4 Å². The Morgan fingerprint density at radius 2 is 2.09 bits per heavy atom. The summed E-state index contributed by atoms with van der Waals surface area (Å²) in [6, 6.07) is 0. The molecule has 0 saturated heterocycles. The maximum atomic E-state index is 10.3. The molecule has 66 valence electrons. The van der Waals surface area contributed by atoms with Gasteiger partial charge in [-0.2, -0.15) is 0 Å². The number of nitrogens with one attached hydrogen (secondary N) is 1. The van der Waals surface area contributed by atoms with Crippen LogP contribution in [0.5, 0.6) is 0 Å². The second-order valence-electron chi connectivity index (χ2n) is 2.81. The molecule has 0 spiro atoms. The van der Waals surface area contributed by atoms with E-state index in [1.807, 2.05) is 0 Å². The fourth-order valence-corrected chi connectivity index (χ4v) is 0.388. The molecule has 0 heterocycles. The van der Waals surface area contributed by atoms with Crippen LogP contribution in [0.1, 0.15) is 6.92 Å². The van der Waals surface area contributed by atoms with Crippen LogP contribution >= 0.6 is 0 Å². The second kappa shape index (κ2) is 3.66. The quantitative estimate of drug-likeness (QED) is 0.457. The fourth-order valence-electron chi connectivity index (χ4n) is 0.388. The predicted molar refractivity (Wildman–Crippen MR) is 39.9 cm³/mol. The molecule has 0 saturated carbocycles. The van der Waals surface area contributed by atoms with Gasteiger partial charge in [0.2, 0.25) is 0 Å². The van der Waals surface area contributed by atoms with Gasteiger partial charge in [-0.1, -0.05) is 0 Å². The molecule has 0 aromatic rings. The molecule has 0 amide bonds. The Balaban J connectivity index is 3.83. The van der Waals surface area contributed by atoms with Crippen LogP contribution in [0.4, 0.5) is 0 Å². The van der Waals surface area contributed by atoms with Crippen molar-refractivity contribution in [2.45, 2.75) is 12.5 Å². The highest BCUT2D eigenvalue weighted by molar-refractivity contribution is 5.76. The minimum Gasteiger partial charge on any atom is -0.479 e. The summed E-state index contributed by atoms with van der Waals surface area (Å²) in [6.45, 7) is 1.24. The summed E-state index contributed by atoms with van der Waals surface area (Å²) in [6.07, 6.45) is 0. The maximum absolute atomic E-state index is 10.3. The molecule has 5 heteroatoms. The number of hydrogen-bond acceptors (Lipinski definition) is 4. The monoisotopic (exact) mass is 162 g/mol. The highest BCUT2D eigenvalue weighted by Crippen LogP contribution is 2.00. The molecule has 0 aliphatic rings. The minimum absolute atomic E-state index is 0.00463. The van der Waals surface area contributed by atoms with Crippen molar-refractivity contribution in [2.75, 3.05) is 20.6 Å². The van der Waals surface area contributed by atoms with Crippen LogP contribution in [-0.4, -0.2) is 47.4 Å². The molecule has 0 aromatic heterocycles. The first-order chi connectivity index (χ1) is 4.86. The molecular formula is C6H14N2O3. The van der Waals surface area contributed by atoms with Gasteiger partial charge < -0.3 is 10.2 Å². The van der Waals surface area contributed by atoms with Gasteiger partial charge in [-0.25, -0.2) is 4.79 Å². The van der Waals surface area contributed by atoms with Crippen LogP contribution in [0.25, 0.3) is 0 Å². The highest BCUT2D eigenvalue weighted by Gasteiger charge is 2.29. The molecular weight excluding hydrogens is 148 g/mol. The van der Waals surface area contributed by atoms with Gasteiger partial charge >= 0.3 is 5.97 Å². The number of hydrazine groups is 1. The van der Waals surface area contributed by atoms with Gasteiger partial charge in [0.15, 0.2) is 5.60 Å². The SMILES string of the molecule is CN(C)NCC(C)(O)C(=O)O. The van der Waals surface area contributed by atoms with Gasteiger partial charge in [-0.05, 0) is 6.92 Å². The Morgan fingerprint density at radius 1 is 1.64 bits per heavy atom. The van der Waals surface area contributed by atoms with Gasteiger partial charge in [0, 0.05) is 20.6 Å². The number of hydrogen-bond donors (Lipinski definition) is 3. The summed E-state index contributed by atoms with van der Waals surface area (Å²) < 4.78 is 0. The van der Waals surface area contributed by atoms with E-state index in [1.54, 1.807) is 19.1 Å². The summed E-state index contributed by atoms with van der Waals surface area (Å²) >= 11 is 0. The van der Waals surface area contributed by atoms with E-state index in [0.29, 0.717) is 0 Å². The zero-order chi connectivity index (χ0) is 9.07. The fraction of sp³-hybridized carbons (Fsp3) is 0.833. The molecule has 3 N–H and O–H groups in total. The van der Waals surface area contributed by atoms with Crippen LogP contribution in [0.15, 0.2) is 0 Å². The van der Waals surface area contributed by atoms with Crippen molar-refractivity contribution in [3.63, 3.8) is 0 Å². The Kier molecular flexibility index (Phi) is 3.44. The summed E-state index contributed by atoms with van der Waals surface area (Å²) in [7, 11) is 3.44. The molecule has 1 atom stereocenters. The third-order valence-electron chi connectivity index (χ3n) is 1.20. The van der Waals surface area contributed by atoms with E-state index < -0.39 is 11.6 Å². The third kappa shape index (κ3) is 3.92. The second-order valence-corrected chi connectivity index (χ2v) is 2.81. The minimum atomic E-state index is -1.70. The normalized spacial score (nSPS) is 16.5. The number of rotatable bonds is 4. The van der Waals surface area contributed by atoms with E-state index in [9.17, 15) is 4.79 Å². The van der Waals surface area contributed by atoms with E-state index in [1.165, 1.54) is 6.92 Å². The Labute approximate surface area is 65.6 Å². The molecule has 0 radical (unpaired) electrons. The van der Waals surface area contributed by atoms with E-state index in [0.717, 1.165) is 0 Å². The molecule has 11 heavy (non-hydrogen) atoms. The molecule has 0 bridgehead atoms. The summed E-state index contributed by atoms with van der Waals surface area (Å²) in [5, 5.41) is 19.2. The van der Waals surface area contributed by atoms with E-state index in [4.69, 9.17) is 10.2 Å². The van der Waals surface area contributed by atoms with Crippen molar-refractivity contribution in [3.05, 3.63) is 0 Å². The van der Waals surface area contributed by atoms with Crippen LogP contribution in [0.3, 0.4) is 0 Å². The summed E-state index contributed by atoms with van der Waals surface area (Å²) in [5.41, 5.74) is 0.965. The van der Waals surface area contributed by atoms with Crippen molar-refractivity contribution >= 4 is 5.97 Å². The lowest BCUT2D eigenvalue weighted by molar-refractivity contribution is -0.156. The van der Waals surface area contributed by atoms with Gasteiger partial charge in [0.1, 0.15) is 0 Å². The van der Waals surface area contributed by atoms with Crippen molar-refractivity contribution < 1.29 is 15.0 Å². The third-order valence-corrected chi connectivity index (χ3v) is 1.20. The van der Waals surface area contributed by atoms with Gasteiger partial charge in [0.05, 0.1) is 0 Å². The number of carboxylic acids is 1. The van der Waals surface area contributed by atoms with Crippen LogP contribution in [0.2, 0.25) is 0 Å². The standard InChI is InChI=1S/C6H14N2O3/c1-6(11,5(9)10)4-7-8(2)3/h7,11H,4H2,1-3H3,(H,9,10). The van der Waals surface area contributed by atoms with Gasteiger partial charge in [-0.3, -0.25) is 10.4 Å². The molecule has 0 aliphatic carbocycles. The average Bonchev–Trinajstić information content (AvgIpc) is 1.84. The van der Waals surface area contributed by atoms with Crippen molar-refractivity contribution in [2.24, 2.45) is 0 Å². The van der Waals surface area contributed by atoms with Crippen LogP contribution < -0.4 is 5.43 Å². The van der Waals surface area contributed by atoms with Crippen molar-refractivity contribution in [3.8, 4) is 0 Å². The molecule has 1 unspecified atom stereocenters. The smallest absolute Gasteiger partial charge is 0.336 e. The van der Waals surface area contributed by atoms with E-state index >= 15 is 0 Å². The lowest BCUT2D eigenvalue weighted by Crippen LogP contribution is -2.48. The Bertz CT molecular complexity index is 145. The number of carboxylic acid groups (broad SMARTS) is 1. The van der Waals surface area contributed by atoms with Crippen molar-refractivity contribution in [1.29, 1.82) is 0 Å². The zero-order valence-electron chi connectivity index (χ0n) is 6.96. The van der Waals surface area contributed by atoms with Gasteiger partial charge in [-0.15, -0.1) is 0 Å². The topological polar surface area (TPSA) is 72.8 Å². The first kappa shape index (κ1) is 10.3. The molecule has 0 rings (SSSR count). The largest absolute Gasteiger partial charge is 0.479 e. The molecule has 5 nitrogen and oxygen atoms in total. The lowest BCUT2D eigenvalue weighted by Gasteiger charge is -2.21. The van der Waals surface area contributed by atoms with E-state index in [-0.39, 0.29) is 6.54 Å². The molecule has 0 aliphatic heterocycles. The van der Waals surface area contributed by atoms with E-state index in [2.05, 4.69) is 5.43 Å². The predicted octanol–water partition coefficient (Wildman–Crippen LogP) is -1.11. The molecule has 0 aromatic carbocycles. The average molecular weight is 162 g/mol. The first-order valence-electron chi connectivity index (χ1n) is 3.23. The molecule has 0 fully saturated rings. The lowest BCUT2D eigenvalue weighted by atomic mass is 10.1. The highest BCUT2D eigenvalue weighted by atomic mass is 16.4. The zero-order valence-corrected chi connectivity index (χ0v) is 6.96. The number of aliphatic hydroxyl groups is 1. The number of carbonyl (C=O) groups is 1. The Morgan fingerprint density at radius 3 is 2.36 bits per heavy atom. The van der Waals surface area contributed by atoms with Crippen LogP contribution in [-0.2, 0) is 4.79 Å².